The lowest BCUT2D eigenvalue weighted by atomic mass is 9.90. The second-order valence-corrected chi connectivity index (χ2v) is 4.45. The molecule has 1 aromatic carbocycles. The molecule has 1 saturated carbocycles. The fourth-order valence-corrected chi connectivity index (χ4v) is 2.96. The molecule has 5 heteroatoms. The Kier molecular flexibility index (Phi) is 1.89. The number of carbonyl (C=O) groups excluding carboxylic acids is 1. The molecule has 1 saturated heterocycles. The van der Waals surface area contributed by atoms with Gasteiger partial charge in [0.1, 0.15) is 5.41 Å². The van der Waals surface area contributed by atoms with E-state index in [1.807, 2.05) is 0 Å². The Morgan fingerprint density at radius 1 is 1.24 bits per heavy atom. The lowest BCUT2D eigenvalue weighted by Crippen LogP contribution is -2.36. The SMILES string of the molecule is O=C1OC[C@H]2[C@@H]1[C@@]2(c1ccccc1)C(F)(F)F. The second-order valence-electron chi connectivity index (χ2n) is 4.45. The summed E-state index contributed by atoms with van der Waals surface area (Å²) in [5.41, 5.74) is -1.84. The van der Waals surface area contributed by atoms with Gasteiger partial charge in [-0.05, 0) is 5.56 Å². The van der Waals surface area contributed by atoms with Gasteiger partial charge in [0.15, 0.2) is 0 Å². The highest BCUT2D eigenvalue weighted by molar-refractivity contribution is 5.83. The van der Waals surface area contributed by atoms with Gasteiger partial charge in [0.05, 0.1) is 12.5 Å². The Morgan fingerprint density at radius 2 is 1.88 bits per heavy atom. The minimum atomic E-state index is -4.41. The fourth-order valence-electron chi connectivity index (χ4n) is 2.96. The van der Waals surface area contributed by atoms with E-state index in [9.17, 15) is 18.0 Å². The number of fused-ring (bicyclic) bond motifs is 1. The van der Waals surface area contributed by atoms with Crippen molar-refractivity contribution in [2.75, 3.05) is 6.61 Å². The second kappa shape index (κ2) is 3.03. The number of halogens is 3. The summed E-state index contributed by atoms with van der Waals surface area (Å²) >= 11 is 0. The van der Waals surface area contributed by atoms with Gasteiger partial charge in [-0.25, -0.2) is 0 Å². The molecule has 0 spiro atoms. The zero-order chi connectivity index (χ0) is 12.3. The van der Waals surface area contributed by atoms with Gasteiger partial charge in [-0.3, -0.25) is 4.79 Å². The van der Waals surface area contributed by atoms with E-state index in [1.54, 1.807) is 18.2 Å². The summed E-state index contributed by atoms with van der Waals surface area (Å²) in [6.07, 6.45) is -4.41. The summed E-state index contributed by atoms with van der Waals surface area (Å²) in [4.78, 5) is 11.3. The van der Waals surface area contributed by atoms with E-state index in [0.29, 0.717) is 0 Å². The van der Waals surface area contributed by atoms with Crippen molar-refractivity contribution in [1.82, 2.24) is 0 Å². The molecule has 2 aliphatic rings. The summed E-state index contributed by atoms with van der Waals surface area (Å²) in [5.74, 6) is -2.53. The Balaban J connectivity index is 2.11. The molecule has 0 unspecified atom stereocenters. The van der Waals surface area contributed by atoms with Gasteiger partial charge in [-0.2, -0.15) is 13.2 Å². The number of rotatable bonds is 1. The number of benzene rings is 1. The van der Waals surface area contributed by atoms with Gasteiger partial charge < -0.3 is 4.74 Å². The van der Waals surface area contributed by atoms with Crippen LogP contribution >= 0.6 is 0 Å². The third kappa shape index (κ3) is 1.14. The topological polar surface area (TPSA) is 26.3 Å². The molecular formula is C12H9F3O2. The maximum atomic E-state index is 13.3. The number of esters is 1. The quantitative estimate of drug-likeness (QED) is 0.706. The highest BCUT2D eigenvalue weighted by Gasteiger charge is 2.84. The molecule has 3 rings (SSSR count). The van der Waals surface area contributed by atoms with Crippen molar-refractivity contribution in [2.24, 2.45) is 11.8 Å². The van der Waals surface area contributed by atoms with Crippen LogP contribution in [0.3, 0.4) is 0 Å². The maximum absolute atomic E-state index is 13.3. The van der Waals surface area contributed by atoms with E-state index < -0.39 is 29.4 Å². The molecule has 1 aromatic rings. The molecule has 0 amide bonds. The monoisotopic (exact) mass is 242 g/mol. The molecule has 1 aliphatic carbocycles. The van der Waals surface area contributed by atoms with Crippen molar-refractivity contribution >= 4 is 5.97 Å². The predicted molar refractivity (Wildman–Crippen MR) is 52.1 cm³/mol. The van der Waals surface area contributed by atoms with Gasteiger partial charge in [-0.15, -0.1) is 0 Å². The summed E-state index contributed by atoms with van der Waals surface area (Å²) in [7, 11) is 0. The zero-order valence-corrected chi connectivity index (χ0v) is 8.70. The molecule has 0 N–H and O–H groups in total. The molecule has 0 aromatic heterocycles. The number of alkyl halides is 3. The van der Waals surface area contributed by atoms with E-state index in [1.165, 1.54) is 12.1 Å². The summed E-state index contributed by atoms with van der Waals surface area (Å²) in [5, 5.41) is 0. The standard InChI is InChI=1S/C12H9F3O2/c13-12(14,15)11(7-4-2-1-3-5-7)8-6-17-10(16)9(8)11/h1-5,8-9H,6H2/t8-,9-,11-/m0/s1. The van der Waals surface area contributed by atoms with Gasteiger partial charge in [0, 0.05) is 5.92 Å². The molecule has 0 radical (unpaired) electrons. The van der Waals surface area contributed by atoms with Crippen LogP contribution in [-0.2, 0) is 14.9 Å². The molecule has 2 nitrogen and oxygen atoms in total. The molecule has 0 bridgehead atoms. The van der Waals surface area contributed by atoms with Crippen LogP contribution in [0.4, 0.5) is 13.2 Å². The number of cyclic esters (lactones) is 1. The maximum Gasteiger partial charge on any atom is 0.399 e. The van der Waals surface area contributed by atoms with Crippen LogP contribution in [0.15, 0.2) is 30.3 Å². The van der Waals surface area contributed by atoms with E-state index in [2.05, 4.69) is 4.74 Å². The average Bonchev–Trinajstić information content (AvgIpc) is 2.84. The first-order chi connectivity index (χ1) is 7.99. The van der Waals surface area contributed by atoms with Crippen LogP contribution in [0, 0.1) is 11.8 Å². The van der Waals surface area contributed by atoms with Gasteiger partial charge in [-0.1, -0.05) is 30.3 Å². The van der Waals surface area contributed by atoms with Crippen molar-refractivity contribution in [1.29, 1.82) is 0 Å². The first-order valence-electron chi connectivity index (χ1n) is 5.28. The summed E-state index contributed by atoms with van der Waals surface area (Å²) in [6.45, 7) is -0.127. The minimum absolute atomic E-state index is 0.127. The van der Waals surface area contributed by atoms with Gasteiger partial charge >= 0.3 is 12.1 Å². The molecule has 1 heterocycles. The van der Waals surface area contributed by atoms with E-state index in [0.717, 1.165) is 0 Å². The van der Waals surface area contributed by atoms with Crippen molar-refractivity contribution in [3.8, 4) is 0 Å². The molecule has 1 aliphatic heterocycles. The lowest BCUT2D eigenvalue weighted by Gasteiger charge is -2.24. The summed E-state index contributed by atoms with van der Waals surface area (Å²) in [6, 6.07) is 7.63. The van der Waals surface area contributed by atoms with Crippen molar-refractivity contribution in [2.45, 2.75) is 11.6 Å². The highest BCUT2D eigenvalue weighted by atomic mass is 19.4. The Hall–Kier alpha value is -1.52. The molecule has 3 atom stereocenters. The lowest BCUT2D eigenvalue weighted by molar-refractivity contribution is -0.181. The largest absolute Gasteiger partial charge is 0.465 e. The average molecular weight is 242 g/mol. The number of hydrogen-bond donors (Lipinski definition) is 0. The van der Waals surface area contributed by atoms with E-state index in [-0.39, 0.29) is 12.2 Å². The molecule has 17 heavy (non-hydrogen) atoms. The Morgan fingerprint density at radius 3 is 2.35 bits per heavy atom. The normalized spacial score (nSPS) is 35.4. The first kappa shape index (κ1) is 10.6. The van der Waals surface area contributed by atoms with Crippen LogP contribution in [-0.4, -0.2) is 18.8 Å². The van der Waals surface area contributed by atoms with Crippen LogP contribution in [0.2, 0.25) is 0 Å². The van der Waals surface area contributed by atoms with Crippen LogP contribution in [0.25, 0.3) is 0 Å². The van der Waals surface area contributed by atoms with Crippen LogP contribution < -0.4 is 0 Å². The molecule has 90 valence electrons. The van der Waals surface area contributed by atoms with Gasteiger partial charge in [0.2, 0.25) is 0 Å². The Labute approximate surface area is 95.4 Å². The van der Waals surface area contributed by atoms with Crippen molar-refractivity contribution in [3.05, 3.63) is 35.9 Å². The number of carbonyl (C=O) groups is 1. The molecule has 2 fully saturated rings. The fraction of sp³-hybridized carbons (Fsp3) is 0.417. The minimum Gasteiger partial charge on any atom is -0.465 e. The third-order valence-electron chi connectivity index (χ3n) is 3.75. The Bertz CT molecular complexity index is 468. The zero-order valence-electron chi connectivity index (χ0n) is 8.70. The van der Waals surface area contributed by atoms with Crippen LogP contribution in [0.1, 0.15) is 5.56 Å². The van der Waals surface area contributed by atoms with E-state index in [4.69, 9.17) is 0 Å². The highest BCUT2D eigenvalue weighted by Crippen LogP contribution is 2.70. The first-order valence-corrected chi connectivity index (χ1v) is 5.28. The predicted octanol–water partition coefficient (Wildman–Crippen LogP) is 2.29. The van der Waals surface area contributed by atoms with Gasteiger partial charge in [0.25, 0.3) is 0 Å². The molecular weight excluding hydrogens is 233 g/mol. The summed E-state index contributed by atoms with van der Waals surface area (Å²) < 4.78 is 44.5. The third-order valence-corrected chi connectivity index (χ3v) is 3.75. The van der Waals surface area contributed by atoms with Crippen molar-refractivity contribution in [3.63, 3.8) is 0 Å². The van der Waals surface area contributed by atoms with Crippen LogP contribution in [0.5, 0.6) is 0 Å². The van der Waals surface area contributed by atoms with Crippen molar-refractivity contribution < 1.29 is 22.7 Å². The van der Waals surface area contributed by atoms with E-state index >= 15 is 0 Å². The number of hydrogen-bond acceptors (Lipinski definition) is 2. The smallest absolute Gasteiger partial charge is 0.399 e. The number of ether oxygens (including phenoxy) is 1.